The monoisotopic (exact) mass is 314 g/mol. The zero-order chi connectivity index (χ0) is 17.0. The topological polar surface area (TPSA) is 44.8 Å². The van der Waals surface area contributed by atoms with Crippen LogP contribution in [0.4, 0.5) is 4.79 Å². The summed E-state index contributed by atoms with van der Waals surface area (Å²) in [6.07, 6.45) is 8.45. The summed E-state index contributed by atoms with van der Waals surface area (Å²) in [7, 11) is 1.61. The van der Waals surface area contributed by atoms with Gasteiger partial charge < -0.3 is 14.2 Å². The second kappa shape index (κ2) is 11.4. The first kappa shape index (κ1) is 20.8. The van der Waals surface area contributed by atoms with Gasteiger partial charge in [0, 0.05) is 0 Å². The van der Waals surface area contributed by atoms with E-state index in [9.17, 15) is 4.79 Å². The Hall–Kier alpha value is -1.19. The van der Waals surface area contributed by atoms with Crippen molar-refractivity contribution in [3.63, 3.8) is 0 Å². The standard InChI is InChI=1S/C18H34O4/c1-7-8-9-10-16(3)14-21-17(19)22-18(4,5)13-15(2)11-12-20-6/h11-12,15-16H,7-10,13-14H2,1-6H3/b12-11+. The van der Waals surface area contributed by atoms with Crippen molar-refractivity contribution in [1.29, 1.82) is 0 Å². The Kier molecular flexibility index (Phi) is 10.8. The summed E-state index contributed by atoms with van der Waals surface area (Å²) in [5.41, 5.74) is -0.556. The largest absolute Gasteiger partial charge is 0.508 e. The Balaban J connectivity index is 4.04. The second-order valence-corrected chi connectivity index (χ2v) is 6.77. The van der Waals surface area contributed by atoms with E-state index >= 15 is 0 Å². The van der Waals surface area contributed by atoms with Crippen LogP contribution in [0, 0.1) is 11.8 Å². The molecule has 130 valence electrons. The van der Waals surface area contributed by atoms with Gasteiger partial charge in [0.05, 0.1) is 20.0 Å². The summed E-state index contributed by atoms with van der Waals surface area (Å²) in [5.74, 6) is 0.640. The number of carbonyl (C=O) groups is 1. The van der Waals surface area contributed by atoms with E-state index in [0.29, 0.717) is 18.9 Å². The average Bonchev–Trinajstić information content (AvgIpc) is 2.42. The van der Waals surface area contributed by atoms with Crippen molar-refractivity contribution in [2.75, 3.05) is 13.7 Å². The quantitative estimate of drug-likeness (QED) is 0.294. The van der Waals surface area contributed by atoms with Gasteiger partial charge in [-0.25, -0.2) is 4.79 Å². The SMILES string of the molecule is CCCCCC(C)COC(=O)OC(C)(C)CC(C)/C=C/OC. The van der Waals surface area contributed by atoms with Crippen LogP contribution in [0.5, 0.6) is 0 Å². The Labute approximate surface area is 136 Å². The fraction of sp³-hybridized carbons (Fsp3) is 0.833. The van der Waals surface area contributed by atoms with Crippen LogP contribution >= 0.6 is 0 Å². The van der Waals surface area contributed by atoms with Gasteiger partial charge in [-0.2, -0.15) is 0 Å². The van der Waals surface area contributed by atoms with Crippen LogP contribution < -0.4 is 0 Å². The maximum absolute atomic E-state index is 11.8. The fourth-order valence-electron chi connectivity index (χ4n) is 2.39. The molecule has 0 aromatic heterocycles. The minimum atomic E-state index is -0.574. The number of hydrogen-bond acceptors (Lipinski definition) is 4. The minimum absolute atomic E-state index is 0.260. The highest BCUT2D eigenvalue weighted by Crippen LogP contribution is 2.22. The summed E-state index contributed by atoms with van der Waals surface area (Å²) in [4.78, 5) is 11.8. The van der Waals surface area contributed by atoms with Gasteiger partial charge in [0.1, 0.15) is 5.60 Å². The van der Waals surface area contributed by atoms with Gasteiger partial charge in [0.15, 0.2) is 0 Å². The first-order valence-corrected chi connectivity index (χ1v) is 8.36. The Morgan fingerprint density at radius 1 is 1.23 bits per heavy atom. The lowest BCUT2D eigenvalue weighted by Gasteiger charge is -2.26. The van der Waals surface area contributed by atoms with Gasteiger partial charge in [0.25, 0.3) is 0 Å². The molecule has 0 spiro atoms. The van der Waals surface area contributed by atoms with E-state index < -0.39 is 11.8 Å². The number of carbonyl (C=O) groups excluding carboxylic acids is 1. The molecule has 0 N–H and O–H groups in total. The van der Waals surface area contributed by atoms with Gasteiger partial charge in [-0.1, -0.05) is 40.0 Å². The molecule has 0 saturated heterocycles. The van der Waals surface area contributed by atoms with Crippen molar-refractivity contribution in [3.8, 4) is 0 Å². The lowest BCUT2D eigenvalue weighted by atomic mass is 9.95. The molecule has 0 fully saturated rings. The number of hydrogen-bond donors (Lipinski definition) is 0. The number of ether oxygens (including phenoxy) is 3. The molecule has 2 unspecified atom stereocenters. The van der Waals surface area contributed by atoms with Crippen LogP contribution in [0.15, 0.2) is 12.3 Å². The van der Waals surface area contributed by atoms with E-state index in [1.165, 1.54) is 19.3 Å². The summed E-state index contributed by atoms with van der Waals surface area (Å²) >= 11 is 0. The average molecular weight is 314 g/mol. The predicted molar refractivity (Wildman–Crippen MR) is 89.7 cm³/mol. The predicted octanol–water partition coefficient (Wildman–Crippen LogP) is 5.32. The van der Waals surface area contributed by atoms with E-state index in [0.717, 1.165) is 6.42 Å². The maximum Gasteiger partial charge on any atom is 0.508 e. The molecular formula is C18H34O4. The molecule has 0 heterocycles. The van der Waals surface area contributed by atoms with Crippen LogP contribution in [-0.4, -0.2) is 25.5 Å². The Bertz CT molecular complexity index is 323. The van der Waals surface area contributed by atoms with Crippen LogP contribution in [-0.2, 0) is 14.2 Å². The smallest absolute Gasteiger partial charge is 0.505 e. The molecule has 0 rings (SSSR count). The van der Waals surface area contributed by atoms with Gasteiger partial charge in [0.2, 0.25) is 0 Å². The van der Waals surface area contributed by atoms with Crippen molar-refractivity contribution in [2.45, 2.75) is 72.3 Å². The van der Waals surface area contributed by atoms with Crippen LogP contribution in [0.25, 0.3) is 0 Å². The second-order valence-electron chi connectivity index (χ2n) is 6.77. The molecule has 2 atom stereocenters. The Morgan fingerprint density at radius 2 is 1.91 bits per heavy atom. The molecule has 0 aliphatic rings. The summed E-state index contributed by atoms with van der Waals surface area (Å²) in [5, 5.41) is 0. The Morgan fingerprint density at radius 3 is 2.50 bits per heavy atom. The van der Waals surface area contributed by atoms with Crippen LogP contribution in [0.2, 0.25) is 0 Å². The van der Waals surface area contributed by atoms with Gasteiger partial charge in [-0.15, -0.1) is 0 Å². The minimum Gasteiger partial charge on any atom is -0.505 e. The highest BCUT2D eigenvalue weighted by molar-refractivity contribution is 5.60. The third-order valence-corrected chi connectivity index (χ3v) is 3.50. The van der Waals surface area contributed by atoms with E-state index in [4.69, 9.17) is 14.2 Å². The lowest BCUT2D eigenvalue weighted by molar-refractivity contribution is -0.0289. The maximum atomic E-state index is 11.8. The number of allylic oxidation sites excluding steroid dienone is 1. The molecule has 0 aliphatic heterocycles. The molecule has 0 aromatic carbocycles. The molecule has 4 heteroatoms. The van der Waals surface area contributed by atoms with E-state index in [-0.39, 0.29) is 5.92 Å². The van der Waals surface area contributed by atoms with Crippen LogP contribution in [0.3, 0.4) is 0 Å². The molecular weight excluding hydrogens is 280 g/mol. The van der Waals surface area contributed by atoms with Gasteiger partial charge >= 0.3 is 6.16 Å². The highest BCUT2D eigenvalue weighted by atomic mass is 16.7. The summed E-state index contributed by atoms with van der Waals surface area (Å²) in [6, 6.07) is 0. The number of rotatable bonds is 11. The van der Waals surface area contributed by atoms with Gasteiger partial charge in [-0.3, -0.25) is 0 Å². The molecule has 0 aromatic rings. The third kappa shape index (κ3) is 11.5. The van der Waals surface area contributed by atoms with Crippen molar-refractivity contribution in [1.82, 2.24) is 0 Å². The summed E-state index contributed by atoms with van der Waals surface area (Å²) < 4.78 is 15.6. The molecule has 4 nitrogen and oxygen atoms in total. The first-order chi connectivity index (χ1) is 10.3. The van der Waals surface area contributed by atoms with Crippen LogP contribution in [0.1, 0.15) is 66.7 Å². The normalized spacial score (nSPS) is 14.6. The molecule has 0 saturated carbocycles. The summed E-state index contributed by atoms with van der Waals surface area (Å²) in [6.45, 7) is 10.6. The van der Waals surface area contributed by atoms with E-state index in [1.54, 1.807) is 13.4 Å². The molecule has 0 bridgehead atoms. The first-order valence-electron chi connectivity index (χ1n) is 8.36. The highest BCUT2D eigenvalue weighted by Gasteiger charge is 2.26. The molecule has 22 heavy (non-hydrogen) atoms. The van der Waals surface area contributed by atoms with Crippen molar-refractivity contribution in [3.05, 3.63) is 12.3 Å². The number of methoxy groups -OCH3 is 1. The lowest BCUT2D eigenvalue weighted by Crippen LogP contribution is -2.31. The molecule has 0 amide bonds. The zero-order valence-corrected chi connectivity index (χ0v) is 15.2. The zero-order valence-electron chi connectivity index (χ0n) is 15.2. The number of unbranched alkanes of at least 4 members (excludes halogenated alkanes) is 2. The molecule has 0 aliphatic carbocycles. The van der Waals surface area contributed by atoms with Crippen molar-refractivity contribution >= 4 is 6.16 Å². The van der Waals surface area contributed by atoms with Crippen molar-refractivity contribution < 1.29 is 19.0 Å². The van der Waals surface area contributed by atoms with E-state index in [2.05, 4.69) is 20.8 Å². The third-order valence-electron chi connectivity index (χ3n) is 3.50. The van der Waals surface area contributed by atoms with E-state index in [1.807, 2.05) is 19.9 Å². The fourth-order valence-corrected chi connectivity index (χ4v) is 2.39. The van der Waals surface area contributed by atoms with Gasteiger partial charge in [-0.05, 0) is 44.6 Å². The molecule has 0 radical (unpaired) electrons. The van der Waals surface area contributed by atoms with Crippen molar-refractivity contribution in [2.24, 2.45) is 11.8 Å².